The Balaban J connectivity index is 2.38. The Morgan fingerprint density at radius 2 is 1.87 bits per heavy atom. The summed E-state index contributed by atoms with van der Waals surface area (Å²) in [5.41, 5.74) is 0.825. The number of nitrogens with one attached hydrogen (secondary N) is 2. The molecule has 2 atom stereocenters. The van der Waals surface area contributed by atoms with Crippen LogP contribution in [0.3, 0.4) is 0 Å². The topological polar surface area (TPSA) is 50.4 Å². The van der Waals surface area contributed by atoms with Crippen molar-refractivity contribution in [3.05, 3.63) is 34.3 Å². The van der Waals surface area contributed by atoms with E-state index in [0.29, 0.717) is 6.04 Å². The zero-order chi connectivity index (χ0) is 17.5. The van der Waals surface area contributed by atoms with Gasteiger partial charge in [-0.2, -0.15) is 0 Å². The van der Waals surface area contributed by atoms with E-state index in [0.717, 1.165) is 23.9 Å². The summed E-state index contributed by atoms with van der Waals surface area (Å²) in [6.07, 6.45) is 1.46. The van der Waals surface area contributed by atoms with Crippen molar-refractivity contribution in [2.75, 3.05) is 6.54 Å². The Hall–Kier alpha value is -1.07. The van der Waals surface area contributed by atoms with Crippen molar-refractivity contribution in [3.63, 3.8) is 0 Å². The SMILES string of the molecule is CCC(CNC(C)Cc1ccc(Br)cc1)NC(=O)OC(C)(C)C. The van der Waals surface area contributed by atoms with E-state index >= 15 is 0 Å². The fourth-order valence-corrected chi connectivity index (χ4v) is 2.43. The average molecular weight is 385 g/mol. The molecule has 0 heterocycles. The molecule has 0 bridgehead atoms. The second-order valence-electron chi connectivity index (χ2n) is 6.89. The molecule has 1 aromatic rings. The lowest BCUT2D eigenvalue weighted by molar-refractivity contribution is 0.0502. The van der Waals surface area contributed by atoms with Crippen LogP contribution in [0, 0.1) is 0 Å². The molecule has 2 N–H and O–H groups in total. The molecular weight excluding hydrogens is 356 g/mol. The smallest absolute Gasteiger partial charge is 0.407 e. The predicted octanol–water partition coefficient (Wildman–Crippen LogP) is 4.27. The summed E-state index contributed by atoms with van der Waals surface area (Å²) in [5, 5.41) is 6.40. The van der Waals surface area contributed by atoms with Gasteiger partial charge in [0.25, 0.3) is 0 Å². The highest BCUT2D eigenvalue weighted by molar-refractivity contribution is 9.10. The van der Waals surface area contributed by atoms with Crippen LogP contribution >= 0.6 is 15.9 Å². The van der Waals surface area contributed by atoms with Gasteiger partial charge in [-0.1, -0.05) is 35.0 Å². The van der Waals surface area contributed by atoms with Gasteiger partial charge in [-0.15, -0.1) is 0 Å². The molecule has 0 saturated carbocycles. The third-order valence-electron chi connectivity index (χ3n) is 3.38. The molecule has 0 spiro atoms. The number of carbonyl (C=O) groups is 1. The number of halogens is 1. The highest BCUT2D eigenvalue weighted by atomic mass is 79.9. The van der Waals surface area contributed by atoms with Crippen LogP contribution in [-0.2, 0) is 11.2 Å². The van der Waals surface area contributed by atoms with Crippen LogP contribution in [0.1, 0.15) is 46.6 Å². The lowest BCUT2D eigenvalue weighted by Crippen LogP contribution is -2.46. The predicted molar refractivity (Wildman–Crippen MR) is 98.8 cm³/mol. The van der Waals surface area contributed by atoms with Crippen molar-refractivity contribution >= 4 is 22.0 Å². The first-order valence-electron chi connectivity index (χ1n) is 8.17. The number of benzene rings is 1. The summed E-state index contributed by atoms with van der Waals surface area (Å²) in [6, 6.07) is 8.77. The first-order chi connectivity index (χ1) is 10.7. The summed E-state index contributed by atoms with van der Waals surface area (Å²) < 4.78 is 6.39. The lowest BCUT2D eigenvalue weighted by atomic mass is 10.1. The molecule has 2 unspecified atom stereocenters. The Morgan fingerprint density at radius 1 is 1.26 bits per heavy atom. The second kappa shape index (κ2) is 9.28. The minimum absolute atomic E-state index is 0.0669. The molecule has 1 amide bonds. The molecule has 4 nitrogen and oxygen atoms in total. The van der Waals surface area contributed by atoms with Crippen molar-refractivity contribution in [1.29, 1.82) is 0 Å². The van der Waals surface area contributed by atoms with Gasteiger partial charge in [0.1, 0.15) is 5.60 Å². The van der Waals surface area contributed by atoms with Crippen molar-refractivity contribution in [2.24, 2.45) is 0 Å². The minimum Gasteiger partial charge on any atom is -0.444 e. The van der Waals surface area contributed by atoms with E-state index in [4.69, 9.17) is 4.74 Å². The quantitative estimate of drug-likeness (QED) is 0.737. The second-order valence-corrected chi connectivity index (χ2v) is 7.81. The molecule has 23 heavy (non-hydrogen) atoms. The van der Waals surface area contributed by atoms with Crippen molar-refractivity contribution in [2.45, 2.75) is 65.1 Å². The van der Waals surface area contributed by atoms with Gasteiger partial charge < -0.3 is 15.4 Å². The number of amides is 1. The van der Waals surface area contributed by atoms with Crippen LogP contribution in [0.4, 0.5) is 4.79 Å². The van der Waals surface area contributed by atoms with E-state index in [2.05, 4.69) is 64.7 Å². The van der Waals surface area contributed by atoms with E-state index < -0.39 is 5.60 Å². The summed E-state index contributed by atoms with van der Waals surface area (Å²) in [7, 11) is 0. The minimum atomic E-state index is -0.468. The number of hydrogen-bond donors (Lipinski definition) is 2. The molecule has 0 fully saturated rings. The number of carbonyl (C=O) groups excluding carboxylic acids is 1. The maximum absolute atomic E-state index is 11.8. The van der Waals surface area contributed by atoms with Gasteiger partial charge in [0.15, 0.2) is 0 Å². The standard InChI is InChI=1S/C18H29BrN2O2/c1-6-16(21-17(22)23-18(3,4)5)12-20-13(2)11-14-7-9-15(19)10-8-14/h7-10,13,16,20H,6,11-12H2,1-5H3,(H,21,22). The third kappa shape index (κ3) is 8.96. The molecule has 0 aromatic heterocycles. The van der Waals surface area contributed by atoms with Gasteiger partial charge in [0.2, 0.25) is 0 Å². The van der Waals surface area contributed by atoms with Gasteiger partial charge in [-0.25, -0.2) is 4.79 Å². The van der Waals surface area contributed by atoms with Gasteiger partial charge in [-0.3, -0.25) is 0 Å². The Kier molecular flexibility index (Phi) is 8.06. The molecule has 0 aliphatic rings. The first-order valence-corrected chi connectivity index (χ1v) is 8.96. The summed E-state index contributed by atoms with van der Waals surface area (Å²) in [6.45, 7) is 10.5. The highest BCUT2D eigenvalue weighted by Crippen LogP contribution is 2.12. The highest BCUT2D eigenvalue weighted by Gasteiger charge is 2.19. The summed E-state index contributed by atoms with van der Waals surface area (Å²) in [5.74, 6) is 0. The van der Waals surface area contributed by atoms with E-state index in [1.165, 1.54) is 5.56 Å². The molecule has 0 saturated heterocycles. The maximum Gasteiger partial charge on any atom is 0.407 e. The number of rotatable bonds is 7. The normalized spacial score (nSPS) is 14.2. The molecular formula is C18H29BrN2O2. The zero-order valence-corrected chi connectivity index (χ0v) is 16.4. The fourth-order valence-electron chi connectivity index (χ4n) is 2.16. The summed E-state index contributed by atoms with van der Waals surface area (Å²) >= 11 is 3.45. The Labute approximate surface area is 148 Å². The van der Waals surface area contributed by atoms with E-state index in [-0.39, 0.29) is 12.1 Å². The average Bonchev–Trinajstić information content (AvgIpc) is 2.44. The van der Waals surface area contributed by atoms with Gasteiger partial charge >= 0.3 is 6.09 Å². The molecule has 1 aromatic carbocycles. The van der Waals surface area contributed by atoms with Crippen LogP contribution < -0.4 is 10.6 Å². The van der Waals surface area contributed by atoms with Crippen molar-refractivity contribution in [1.82, 2.24) is 10.6 Å². The maximum atomic E-state index is 11.8. The van der Waals surface area contributed by atoms with Crippen LogP contribution in [0.2, 0.25) is 0 Å². The number of hydrogen-bond acceptors (Lipinski definition) is 3. The van der Waals surface area contributed by atoms with Crippen LogP contribution in [-0.4, -0.2) is 30.3 Å². The molecule has 0 aliphatic heterocycles. The van der Waals surface area contributed by atoms with Gasteiger partial charge in [0.05, 0.1) is 0 Å². The van der Waals surface area contributed by atoms with Crippen molar-refractivity contribution in [3.8, 4) is 0 Å². The molecule has 1 rings (SSSR count). The largest absolute Gasteiger partial charge is 0.444 e. The van der Waals surface area contributed by atoms with Crippen LogP contribution in [0.15, 0.2) is 28.7 Å². The first kappa shape index (κ1) is 20.0. The van der Waals surface area contributed by atoms with E-state index in [1.54, 1.807) is 0 Å². The molecule has 0 aliphatic carbocycles. The number of alkyl carbamates (subject to hydrolysis) is 1. The van der Waals surface area contributed by atoms with Crippen molar-refractivity contribution < 1.29 is 9.53 Å². The van der Waals surface area contributed by atoms with E-state index in [9.17, 15) is 4.79 Å². The fraction of sp³-hybridized carbons (Fsp3) is 0.611. The summed E-state index contributed by atoms with van der Waals surface area (Å²) in [4.78, 5) is 11.8. The van der Waals surface area contributed by atoms with E-state index in [1.807, 2.05) is 20.8 Å². The monoisotopic (exact) mass is 384 g/mol. The Morgan fingerprint density at radius 3 is 2.39 bits per heavy atom. The number of ether oxygens (including phenoxy) is 1. The van der Waals surface area contributed by atoms with Gasteiger partial charge in [-0.05, 0) is 58.2 Å². The van der Waals surface area contributed by atoms with Gasteiger partial charge in [0, 0.05) is 23.1 Å². The van der Waals surface area contributed by atoms with Crippen LogP contribution in [0.25, 0.3) is 0 Å². The molecule has 130 valence electrons. The Bertz CT molecular complexity index is 483. The lowest BCUT2D eigenvalue weighted by Gasteiger charge is -2.24. The third-order valence-corrected chi connectivity index (χ3v) is 3.91. The molecule has 5 heteroatoms. The molecule has 0 radical (unpaired) electrons. The zero-order valence-electron chi connectivity index (χ0n) is 14.8. The van der Waals surface area contributed by atoms with Crippen LogP contribution in [0.5, 0.6) is 0 Å².